The van der Waals surface area contributed by atoms with Crippen LogP contribution in [-0.4, -0.2) is 35.0 Å². The third-order valence-corrected chi connectivity index (χ3v) is 0.594. The molecule has 0 amide bonds. The van der Waals surface area contributed by atoms with Gasteiger partial charge >= 0.3 is 13.3 Å². The molecule has 0 aliphatic carbocycles. The zero-order chi connectivity index (χ0) is 9.28. The van der Waals surface area contributed by atoms with Crippen LogP contribution in [0.1, 0.15) is 20.3 Å². The van der Waals surface area contributed by atoms with Crippen molar-refractivity contribution >= 4 is 13.3 Å². The minimum Gasteiger partial charge on any atom is -0.466 e. The Bertz CT molecular complexity index is 92.1. The highest BCUT2D eigenvalue weighted by Gasteiger charge is 1.92. The molecule has 0 heterocycles. The second-order valence-electron chi connectivity index (χ2n) is 1.50. The minimum absolute atomic E-state index is 0.123. The first-order chi connectivity index (χ1) is 5.04. The molecule has 0 radical (unpaired) electrons. The number of carbonyl (C=O) groups excluding carboxylic acids is 1. The summed E-state index contributed by atoms with van der Waals surface area (Å²) in [6.07, 6.45) is 0.480. The molecule has 0 aromatic heterocycles. The van der Waals surface area contributed by atoms with E-state index in [4.69, 9.17) is 15.1 Å². The molecule has 0 fully saturated rings. The molecule has 0 unspecified atom stereocenters. The van der Waals surface area contributed by atoms with E-state index in [9.17, 15) is 4.79 Å². The van der Waals surface area contributed by atoms with Gasteiger partial charge < -0.3 is 19.8 Å². The largest absolute Gasteiger partial charge is 0.631 e. The Hall–Kier alpha value is -0.585. The summed E-state index contributed by atoms with van der Waals surface area (Å²) in [4.78, 5) is 10.2. The second kappa shape index (κ2) is 9.41. The van der Waals surface area contributed by atoms with Gasteiger partial charge in [0.15, 0.2) is 0 Å². The second-order valence-corrected chi connectivity index (χ2v) is 1.50. The van der Waals surface area contributed by atoms with Crippen molar-refractivity contribution in [3.63, 3.8) is 0 Å². The van der Waals surface area contributed by atoms with Gasteiger partial charge in [-0.25, -0.2) is 0 Å². The lowest BCUT2D eigenvalue weighted by Crippen LogP contribution is -2.07. The molecule has 11 heavy (non-hydrogen) atoms. The first kappa shape index (κ1) is 13.0. The average molecular weight is 164 g/mol. The van der Waals surface area contributed by atoms with E-state index >= 15 is 0 Å². The summed E-state index contributed by atoms with van der Waals surface area (Å²) in [5, 5.41) is 21.5. The van der Waals surface area contributed by atoms with Crippen molar-refractivity contribution in [1.29, 1.82) is 0 Å². The van der Waals surface area contributed by atoms with Gasteiger partial charge in [0, 0.05) is 6.42 Å². The molecule has 0 spiro atoms. The maximum absolute atomic E-state index is 10.2. The molecule has 0 bridgehead atoms. The molecule has 0 aliphatic rings. The highest BCUT2D eigenvalue weighted by atomic mass is 16.5. The first-order valence-corrected chi connectivity index (χ1v) is 3.24. The number of hydrogen-bond donors (Lipinski definition) is 3. The molecule has 66 valence electrons. The van der Waals surface area contributed by atoms with E-state index in [2.05, 4.69) is 4.74 Å². The quantitative estimate of drug-likeness (QED) is 0.356. The molecule has 0 saturated heterocycles. The van der Waals surface area contributed by atoms with Crippen LogP contribution in [0.3, 0.4) is 0 Å². The van der Waals surface area contributed by atoms with Crippen LogP contribution in [0.5, 0.6) is 0 Å². The fourth-order valence-electron chi connectivity index (χ4n) is 0.263. The Morgan fingerprint density at radius 3 is 1.82 bits per heavy atom. The van der Waals surface area contributed by atoms with Crippen molar-refractivity contribution in [2.24, 2.45) is 0 Å². The van der Waals surface area contributed by atoms with Crippen molar-refractivity contribution in [3.05, 3.63) is 0 Å². The smallest absolute Gasteiger partial charge is 0.466 e. The van der Waals surface area contributed by atoms with Gasteiger partial charge in [0.2, 0.25) is 0 Å². The summed E-state index contributed by atoms with van der Waals surface area (Å²) in [5.74, 6) is -0.123. The van der Waals surface area contributed by atoms with E-state index in [0.29, 0.717) is 13.0 Å². The molecule has 0 aliphatic heterocycles. The Morgan fingerprint density at radius 1 is 1.36 bits per heavy atom. The molecular weight excluding hydrogens is 151 g/mol. The summed E-state index contributed by atoms with van der Waals surface area (Å²) < 4.78 is 4.55. The van der Waals surface area contributed by atoms with Crippen LogP contribution in [0.2, 0.25) is 0 Å². The molecule has 0 aromatic carbocycles. The summed E-state index contributed by atoms with van der Waals surface area (Å²) in [6, 6.07) is 0. The van der Waals surface area contributed by atoms with Crippen molar-refractivity contribution < 1.29 is 24.6 Å². The van der Waals surface area contributed by atoms with Gasteiger partial charge in [-0.3, -0.25) is 4.79 Å². The minimum atomic E-state index is -2.17. The zero-order valence-electron chi connectivity index (χ0n) is 6.65. The van der Waals surface area contributed by atoms with Gasteiger partial charge in [-0.15, -0.1) is 0 Å². The Labute approximate surface area is 65.8 Å². The highest BCUT2D eigenvalue weighted by Crippen LogP contribution is 1.80. The fraction of sp³-hybridized carbons (Fsp3) is 0.800. The molecule has 6 heteroatoms. The van der Waals surface area contributed by atoms with Crippen molar-refractivity contribution in [2.75, 3.05) is 6.61 Å². The van der Waals surface area contributed by atoms with Crippen molar-refractivity contribution in [1.82, 2.24) is 0 Å². The van der Waals surface area contributed by atoms with Crippen molar-refractivity contribution in [2.45, 2.75) is 20.3 Å². The maximum atomic E-state index is 10.2. The van der Waals surface area contributed by atoms with E-state index in [1.807, 2.05) is 0 Å². The van der Waals surface area contributed by atoms with Crippen LogP contribution in [-0.2, 0) is 9.53 Å². The molecule has 5 nitrogen and oxygen atoms in total. The summed E-state index contributed by atoms with van der Waals surface area (Å²) in [7, 11) is -2.17. The number of ether oxygens (including phenoxy) is 1. The Kier molecular flexibility index (Phi) is 11.2. The van der Waals surface area contributed by atoms with Crippen LogP contribution < -0.4 is 0 Å². The summed E-state index contributed by atoms with van der Waals surface area (Å²) >= 11 is 0. The third kappa shape index (κ3) is 26.6. The van der Waals surface area contributed by atoms with E-state index < -0.39 is 7.32 Å². The predicted molar refractivity (Wildman–Crippen MR) is 39.3 cm³/mol. The van der Waals surface area contributed by atoms with Gasteiger partial charge in [-0.05, 0) is 6.92 Å². The average Bonchev–Trinajstić information content (AvgIpc) is 1.87. The monoisotopic (exact) mass is 164 g/mol. The number of esters is 1. The van der Waals surface area contributed by atoms with Gasteiger partial charge in [0.1, 0.15) is 0 Å². The van der Waals surface area contributed by atoms with Gasteiger partial charge in [0.25, 0.3) is 0 Å². The molecule has 0 aromatic rings. The molecule has 0 atom stereocenters. The van der Waals surface area contributed by atoms with E-state index in [-0.39, 0.29) is 5.97 Å². The van der Waals surface area contributed by atoms with Crippen LogP contribution in [0, 0.1) is 0 Å². The standard InChI is InChI=1S/C5H10O2.BH3O3/c1-3-5(6)7-4-2;2-1(3)4/h3-4H2,1-2H3;2-4H. The SMILES string of the molecule is CCOC(=O)CC.OB(O)O. The van der Waals surface area contributed by atoms with Crippen LogP contribution in [0.25, 0.3) is 0 Å². The topological polar surface area (TPSA) is 87.0 Å². The maximum Gasteiger partial charge on any atom is 0.631 e. The van der Waals surface area contributed by atoms with Crippen molar-refractivity contribution in [3.8, 4) is 0 Å². The number of rotatable bonds is 2. The lowest BCUT2D eigenvalue weighted by atomic mass is 10.3. The van der Waals surface area contributed by atoms with Gasteiger partial charge in [0.05, 0.1) is 6.61 Å². The van der Waals surface area contributed by atoms with E-state index in [0.717, 1.165) is 0 Å². The van der Waals surface area contributed by atoms with E-state index in [1.165, 1.54) is 0 Å². The van der Waals surface area contributed by atoms with Crippen LogP contribution in [0.15, 0.2) is 0 Å². The first-order valence-electron chi connectivity index (χ1n) is 3.24. The number of hydrogen-bond acceptors (Lipinski definition) is 5. The molecule has 0 saturated carbocycles. The normalized spacial score (nSPS) is 7.73. The zero-order valence-corrected chi connectivity index (χ0v) is 6.65. The third-order valence-electron chi connectivity index (χ3n) is 0.594. The predicted octanol–water partition coefficient (Wildman–Crippen LogP) is -1.09. The highest BCUT2D eigenvalue weighted by molar-refractivity contribution is 6.30. The van der Waals surface area contributed by atoms with E-state index in [1.54, 1.807) is 13.8 Å². The lowest BCUT2D eigenvalue weighted by Gasteiger charge is -1.93. The molecule has 3 N–H and O–H groups in total. The fourth-order valence-corrected chi connectivity index (χ4v) is 0.263. The Morgan fingerprint density at radius 2 is 1.73 bits per heavy atom. The van der Waals surface area contributed by atoms with Crippen LogP contribution >= 0.6 is 0 Å². The van der Waals surface area contributed by atoms with Gasteiger partial charge in [-0.2, -0.15) is 0 Å². The lowest BCUT2D eigenvalue weighted by molar-refractivity contribution is -0.142. The molecular formula is C5H13BO5. The van der Waals surface area contributed by atoms with Gasteiger partial charge in [-0.1, -0.05) is 6.92 Å². The Balaban J connectivity index is 0. The molecule has 0 rings (SSSR count). The summed E-state index contributed by atoms with van der Waals surface area (Å²) in [6.45, 7) is 4.07. The summed E-state index contributed by atoms with van der Waals surface area (Å²) in [5.41, 5.74) is 0. The number of carbonyl (C=O) groups is 1. The van der Waals surface area contributed by atoms with Crippen LogP contribution in [0.4, 0.5) is 0 Å².